The fourth-order valence-electron chi connectivity index (χ4n) is 2.80. The molecule has 0 aliphatic carbocycles. The number of rotatable bonds is 8. The number of hydrogen-bond acceptors (Lipinski definition) is 8. The molecule has 0 saturated carbocycles. The highest BCUT2D eigenvalue weighted by atomic mass is 35.5. The summed E-state index contributed by atoms with van der Waals surface area (Å²) in [5.41, 5.74) is 1.60. The predicted octanol–water partition coefficient (Wildman–Crippen LogP) is 4.08. The number of sulfonamides is 1. The number of methoxy groups -OCH3 is 1. The first kappa shape index (κ1) is 22.6. The monoisotopic (exact) mass is 465 g/mol. The van der Waals surface area contributed by atoms with E-state index in [1.807, 2.05) is 31.5 Å². The normalized spacial score (nSPS) is 11.5. The van der Waals surface area contributed by atoms with Crippen LogP contribution in [0.2, 0.25) is 5.02 Å². The number of nitrogens with zero attached hydrogens (tertiary/aromatic N) is 4. The van der Waals surface area contributed by atoms with Crippen LogP contribution in [-0.4, -0.2) is 41.5 Å². The van der Waals surface area contributed by atoms with Crippen molar-refractivity contribution in [3.8, 4) is 5.75 Å². The fourth-order valence-corrected chi connectivity index (χ4v) is 3.51. The number of benzene rings is 1. The van der Waals surface area contributed by atoms with Crippen molar-refractivity contribution in [1.29, 1.82) is 0 Å². The van der Waals surface area contributed by atoms with E-state index in [1.54, 1.807) is 18.2 Å². The third-order valence-corrected chi connectivity index (χ3v) is 4.97. The summed E-state index contributed by atoms with van der Waals surface area (Å²) in [4.78, 5) is 8.67. The van der Waals surface area contributed by atoms with Crippen LogP contribution in [0.25, 0.3) is 0 Å². The van der Waals surface area contributed by atoms with Gasteiger partial charge in [0.25, 0.3) is 0 Å². The smallest absolute Gasteiger partial charge is 0.230 e. The summed E-state index contributed by atoms with van der Waals surface area (Å²) in [5.74, 6) is 1.84. The number of anilines is 5. The van der Waals surface area contributed by atoms with Crippen LogP contribution in [0.1, 0.15) is 25.6 Å². The highest BCUT2D eigenvalue weighted by Gasteiger charge is 2.14. The Hall–Kier alpha value is -3.05. The molecule has 0 aliphatic heterocycles. The van der Waals surface area contributed by atoms with E-state index in [1.165, 1.54) is 13.3 Å². The molecule has 3 N–H and O–H groups in total. The average Bonchev–Trinajstić information content (AvgIpc) is 3.05. The molecule has 0 radical (unpaired) electrons. The van der Waals surface area contributed by atoms with Crippen molar-refractivity contribution in [2.24, 2.45) is 0 Å². The minimum Gasteiger partial charge on any atom is -0.497 e. The zero-order valence-electron chi connectivity index (χ0n) is 17.8. The molecule has 31 heavy (non-hydrogen) atoms. The zero-order chi connectivity index (χ0) is 22.8. The first-order valence-corrected chi connectivity index (χ1v) is 11.6. The third-order valence-electron chi connectivity index (χ3n) is 4.11. The van der Waals surface area contributed by atoms with Gasteiger partial charge in [0, 0.05) is 18.2 Å². The summed E-state index contributed by atoms with van der Waals surface area (Å²) >= 11 is 6.28. The standard InChI is InChI=1S/C19H24ClN7O3S/c1-11(2)27-17(8-12(3)25-27)23-19-21-10-14(20)18(24-19)22-15-7-6-13(30-4)9-16(15)26-31(5,28)29/h6-11,26H,1-5H3,(H2,21,22,23,24). The van der Waals surface area contributed by atoms with Crippen molar-refractivity contribution in [2.75, 3.05) is 28.7 Å². The second-order valence-electron chi connectivity index (χ2n) is 7.14. The molecular weight excluding hydrogens is 442 g/mol. The summed E-state index contributed by atoms with van der Waals surface area (Å²) in [6.45, 7) is 5.94. The van der Waals surface area contributed by atoms with Crippen molar-refractivity contribution >= 4 is 50.6 Å². The van der Waals surface area contributed by atoms with Crippen molar-refractivity contribution in [1.82, 2.24) is 19.7 Å². The Morgan fingerprint density at radius 3 is 2.55 bits per heavy atom. The maximum Gasteiger partial charge on any atom is 0.230 e. The van der Waals surface area contributed by atoms with E-state index in [9.17, 15) is 8.42 Å². The molecule has 2 aromatic heterocycles. The Bertz CT molecular complexity index is 1200. The summed E-state index contributed by atoms with van der Waals surface area (Å²) in [6.07, 6.45) is 2.52. The minimum atomic E-state index is -3.52. The topological polar surface area (TPSA) is 123 Å². The molecule has 0 fully saturated rings. The Balaban J connectivity index is 1.93. The van der Waals surface area contributed by atoms with E-state index in [-0.39, 0.29) is 11.1 Å². The van der Waals surface area contributed by atoms with Gasteiger partial charge in [-0.1, -0.05) is 11.6 Å². The van der Waals surface area contributed by atoms with E-state index in [4.69, 9.17) is 16.3 Å². The molecule has 0 amide bonds. The van der Waals surface area contributed by atoms with Gasteiger partial charge in [0.2, 0.25) is 16.0 Å². The Morgan fingerprint density at radius 2 is 1.90 bits per heavy atom. The number of aromatic nitrogens is 4. The highest BCUT2D eigenvalue weighted by molar-refractivity contribution is 7.92. The second kappa shape index (κ2) is 8.98. The van der Waals surface area contributed by atoms with Crippen LogP contribution in [0.3, 0.4) is 0 Å². The minimum absolute atomic E-state index is 0.144. The largest absolute Gasteiger partial charge is 0.497 e. The summed E-state index contributed by atoms with van der Waals surface area (Å²) in [5, 5.41) is 10.9. The van der Waals surface area contributed by atoms with Gasteiger partial charge in [-0.25, -0.2) is 18.1 Å². The lowest BCUT2D eigenvalue weighted by Crippen LogP contribution is -2.12. The van der Waals surface area contributed by atoms with Gasteiger partial charge in [-0.15, -0.1) is 0 Å². The molecule has 12 heteroatoms. The maximum absolute atomic E-state index is 11.8. The lowest BCUT2D eigenvalue weighted by molar-refractivity contribution is 0.415. The molecule has 1 aromatic carbocycles. The molecule has 3 rings (SSSR count). The Labute approximate surface area is 186 Å². The first-order chi connectivity index (χ1) is 14.6. The van der Waals surface area contributed by atoms with Crippen LogP contribution >= 0.6 is 11.6 Å². The van der Waals surface area contributed by atoms with Crippen LogP contribution < -0.4 is 20.1 Å². The van der Waals surface area contributed by atoms with Crippen molar-refractivity contribution in [3.63, 3.8) is 0 Å². The number of ether oxygens (including phenoxy) is 1. The quantitative estimate of drug-likeness (QED) is 0.454. The summed E-state index contributed by atoms with van der Waals surface area (Å²) in [7, 11) is -2.02. The fraction of sp³-hybridized carbons (Fsp3) is 0.316. The number of nitrogens with one attached hydrogen (secondary N) is 3. The van der Waals surface area contributed by atoms with Gasteiger partial charge in [-0.2, -0.15) is 10.1 Å². The number of aryl methyl sites for hydroxylation is 1. The molecule has 0 spiro atoms. The van der Waals surface area contributed by atoms with Gasteiger partial charge in [-0.3, -0.25) is 4.72 Å². The van der Waals surface area contributed by atoms with Crippen LogP contribution in [-0.2, 0) is 10.0 Å². The third kappa shape index (κ3) is 5.76. The molecule has 0 unspecified atom stereocenters. The Kier molecular flexibility index (Phi) is 6.56. The number of halogens is 1. The van der Waals surface area contributed by atoms with Gasteiger partial charge in [0.05, 0.1) is 36.6 Å². The summed E-state index contributed by atoms with van der Waals surface area (Å²) < 4.78 is 33.0. The van der Waals surface area contributed by atoms with E-state index < -0.39 is 10.0 Å². The molecule has 2 heterocycles. The van der Waals surface area contributed by atoms with Crippen LogP contribution in [0.4, 0.5) is 29.0 Å². The van der Waals surface area contributed by atoms with Gasteiger partial charge < -0.3 is 15.4 Å². The van der Waals surface area contributed by atoms with Crippen LogP contribution in [0, 0.1) is 6.92 Å². The van der Waals surface area contributed by atoms with E-state index >= 15 is 0 Å². The van der Waals surface area contributed by atoms with Crippen molar-refractivity contribution in [3.05, 3.63) is 41.2 Å². The van der Waals surface area contributed by atoms with Gasteiger partial charge in [-0.05, 0) is 32.9 Å². The Morgan fingerprint density at radius 1 is 1.16 bits per heavy atom. The maximum atomic E-state index is 11.8. The predicted molar refractivity (Wildman–Crippen MR) is 122 cm³/mol. The van der Waals surface area contributed by atoms with Crippen molar-refractivity contribution < 1.29 is 13.2 Å². The number of hydrogen-bond donors (Lipinski definition) is 3. The van der Waals surface area contributed by atoms with E-state index in [2.05, 4.69) is 30.4 Å². The zero-order valence-corrected chi connectivity index (χ0v) is 19.3. The SMILES string of the molecule is COc1ccc(Nc2nc(Nc3cc(C)nn3C(C)C)ncc2Cl)c(NS(C)(=O)=O)c1. The molecule has 0 bridgehead atoms. The molecule has 10 nitrogen and oxygen atoms in total. The van der Waals surface area contributed by atoms with Crippen LogP contribution in [0.15, 0.2) is 30.5 Å². The molecule has 0 aliphatic rings. The molecular formula is C19H24ClN7O3S. The van der Waals surface area contributed by atoms with Gasteiger partial charge >= 0.3 is 0 Å². The molecule has 0 saturated heterocycles. The molecule has 0 atom stereocenters. The first-order valence-electron chi connectivity index (χ1n) is 9.34. The average molecular weight is 466 g/mol. The van der Waals surface area contributed by atoms with E-state index in [0.29, 0.717) is 28.9 Å². The van der Waals surface area contributed by atoms with Gasteiger partial charge in [0.15, 0.2) is 5.82 Å². The van der Waals surface area contributed by atoms with Gasteiger partial charge in [0.1, 0.15) is 16.6 Å². The lowest BCUT2D eigenvalue weighted by Gasteiger charge is -2.15. The summed E-state index contributed by atoms with van der Waals surface area (Å²) in [6, 6.07) is 6.94. The second-order valence-corrected chi connectivity index (χ2v) is 9.29. The highest BCUT2D eigenvalue weighted by Crippen LogP contribution is 2.32. The van der Waals surface area contributed by atoms with Crippen molar-refractivity contribution in [2.45, 2.75) is 26.8 Å². The van der Waals surface area contributed by atoms with E-state index in [0.717, 1.165) is 17.8 Å². The lowest BCUT2D eigenvalue weighted by atomic mass is 10.2. The van der Waals surface area contributed by atoms with Crippen LogP contribution in [0.5, 0.6) is 5.75 Å². The molecule has 166 valence electrons. The molecule has 3 aromatic rings.